The van der Waals surface area contributed by atoms with Gasteiger partial charge in [0.1, 0.15) is 11.6 Å². The first-order chi connectivity index (χ1) is 14.2. The van der Waals surface area contributed by atoms with Crippen LogP contribution in [0.5, 0.6) is 5.75 Å². The van der Waals surface area contributed by atoms with E-state index in [1.54, 1.807) is 0 Å². The molecule has 2 aromatic rings. The fourth-order valence-electron chi connectivity index (χ4n) is 4.27. The number of hydrogen-bond acceptors (Lipinski definition) is 5. The summed E-state index contributed by atoms with van der Waals surface area (Å²) in [6.45, 7) is 3.36. The summed E-state index contributed by atoms with van der Waals surface area (Å²) >= 11 is 0. The second-order valence-electron chi connectivity index (χ2n) is 8.00. The van der Waals surface area contributed by atoms with Gasteiger partial charge in [-0.15, -0.1) is 0 Å². The van der Waals surface area contributed by atoms with E-state index in [1.807, 2.05) is 48.3 Å². The molecule has 2 heterocycles. The molecule has 29 heavy (non-hydrogen) atoms. The first-order valence-electron chi connectivity index (χ1n) is 10.6. The Kier molecular flexibility index (Phi) is 6.46. The highest BCUT2D eigenvalue weighted by Gasteiger charge is 2.28. The maximum atomic E-state index is 12.7. The number of aryl methyl sites for hydroxylation is 1. The van der Waals surface area contributed by atoms with Crippen molar-refractivity contribution in [2.45, 2.75) is 44.4 Å². The molecule has 0 radical (unpaired) electrons. The third-order valence-corrected chi connectivity index (χ3v) is 5.90. The molecular formula is C22H31N5O2. The summed E-state index contributed by atoms with van der Waals surface area (Å²) in [6, 6.07) is 8.14. The molecule has 1 amide bonds. The van der Waals surface area contributed by atoms with Gasteiger partial charge in [0, 0.05) is 51.2 Å². The second kappa shape index (κ2) is 9.41. The number of aromatic nitrogens is 2. The van der Waals surface area contributed by atoms with Gasteiger partial charge in [0.25, 0.3) is 0 Å². The minimum atomic E-state index is 0.0294. The van der Waals surface area contributed by atoms with E-state index >= 15 is 0 Å². The maximum Gasteiger partial charge on any atom is 0.234 e. The number of carbonyl (C=O) groups excluding carboxylic acids is 1. The standard InChI is InChI=1S/C22H31N5O2/c1-26-12-11-24-22(26)19-15-23-10-13-27(19)16-21(28)25-14-17-6-2-5-9-20(17)29-18-7-3-4-8-18/h2,5-6,9,11-12,18-19,23H,3-4,7-8,10,13-16H2,1H3,(H,25,28). The summed E-state index contributed by atoms with van der Waals surface area (Å²) in [4.78, 5) is 19.4. The van der Waals surface area contributed by atoms with Crippen molar-refractivity contribution in [2.24, 2.45) is 7.05 Å². The van der Waals surface area contributed by atoms with Gasteiger partial charge in [0.05, 0.1) is 18.7 Å². The van der Waals surface area contributed by atoms with Crippen molar-refractivity contribution in [1.29, 1.82) is 0 Å². The summed E-state index contributed by atoms with van der Waals surface area (Å²) in [7, 11) is 2.00. The summed E-state index contributed by atoms with van der Waals surface area (Å²) in [5.41, 5.74) is 1.04. The monoisotopic (exact) mass is 397 g/mol. The van der Waals surface area contributed by atoms with Gasteiger partial charge in [-0.05, 0) is 31.7 Å². The molecule has 1 atom stereocenters. The molecule has 2 fully saturated rings. The highest BCUT2D eigenvalue weighted by atomic mass is 16.5. The van der Waals surface area contributed by atoms with E-state index in [-0.39, 0.29) is 11.9 Å². The lowest BCUT2D eigenvalue weighted by Gasteiger charge is -2.35. The van der Waals surface area contributed by atoms with E-state index in [4.69, 9.17) is 4.74 Å². The van der Waals surface area contributed by atoms with Crippen molar-refractivity contribution in [3.8, 4) is 5.75 Å². The van der Waals surface area contributed by atoms with Crippen molar-refractivity contribution in [1.82, 2.24) is 25.1 Å². The van der Waals surface area contributed by atoms with Gasteiger partial charge in [-0.2, -0.15) is 0 Å². The van der Waals surface area contributed by atoms with Crippen molar-refractivity contribution < 1.29 is 9.53 Å². The van der Waals surface area contributed by atoms with Crippen LogP contribution >= 0.6 is 0 Å². The third kappa shape index (κ3) is 4.97. The number of nitrogens with one attached hydrogen (secondary N) is 2. The van der Waals surface area contributed by atoms with E-state index in [2.05, 4.69) is 20.5 Å². The molecule has 1 aliphatic heterocycles. The van der Waals surface area contributed by atoms with E-state index in [0.717, 1.165) is 49.6 Å². The average molecular weight is 398 g/mol. The van der Waals surface area contributed by atoms with Gasteiger partial charge in [-0.25, -0.2) is 4.98 Å². The largest absolute Gasteiger partial charge is 0.490 e. The number of benzene rings is 1. The van der Waals surface area contributed by atoms with Crippen molar-refractivity contribution in [3.63, 3.8) is 0 Å². The quantitative estimate of drug-likeness (QED) is 0.748. The Balaban J connectivity index is 1.34. The molecular weight excluding hydrogens is 366 g/mol. The number of rotatable bonds is 7. The Morgan fingerprint density at radius 3 is 2.93 bits per heavy atom. The van der Waals surface area contributed by atoms with Gasteiger partial charge in [0.15, 0.2) is 0 Å². The summed E-state index contributed by atoms with van der Waals surface area (Å²) < 4.78 is 8.21. The van der Waals surface area contributed by atoms with E-state index in [0.29, 0.717) is 19.2 Å². The summed E-state index contributed by atoms with van der Waals surface area (Å²) in [5, 5.41) is 6.49. The van der Waals surface area contributed by atoms with Crippen LogP contribution < -0.4 is 15.4 Å². The van der Waals surface area contributed by atoms with Crippen molar-refractivity contribution in [2.75, 3.05) is 26.2 Å². The number of nitrogens with zero attached hydrogens (tertiary/aromatic N) is 3. The molecule has 7 heteroatoms. The Hall–Kier alpha value is -2.38. The van der Waals surface area contributed by atoms with Crippen molar-refractivity contribution in [3.05, 3.63) is 48.0 Å². The van der Waals surface area contributed by atoms with Crippen LogP contribution in [0.4, 0.5) is 0 Å². The first-order valence-corrected chi connectivity index (χ1v) is 10.6. The molecule has 0 bridgehead atoms. The fraction of sp³-hybridized carbons (Fsp3) is 0.545. The first kappa shape index (κ1) is 19.9. The number of piperazine rings is 1. The molecule has 1 aliphatic carbocycles. The molecule has 7 nitrogen and oxygen atoms in total. The Morgan fingerprint density at radius 2 is 2.14 bits per heavy atom. The Morgan fingerprint density at radius 1 is 1.31 bits per heavy atom. The van der Waals surface area contributed by atoms with E-state index in [1.165, 1.54) is 12.8 Å². The zero-order chi connectivity index (χ0) is 20.1. The number of hydrogen-bond donors (Lipinski definition) is 2. The zero-order valence-electron chi connectivity index (χ0n) is 17.1. The molecule has 1 aromatic heterocycles. The molecule has 1 saturated carbocycles. The number of para-hydroxylation sites is 1. The molecule has 1 unspecified atom stereocenters. The lowest BCUT2D eigenvalue weighted by molar-refractivity contribution is -0.123. The van der Waals surface area contributed by atoms with Crippen LogP contribution in [-0.4, -0.2) is 52.6 Å². The lowest BCUT2D eigenvalue weighted by atomic mass is 10.1. The minimum Gasteiger partial charge on any atom is -0.490 e. The molecule has 156 valence electrons. The molecule has 2 aliphatic rings. The van der Waals surface area contributed by atoms with Crippen LogP contribution in [0.15, 0.2) is 36.7 Å². The van der Waals surface area contributed by atoms with Crippen LogP contribution in [0.3, 0.4) is 0 Å². The molecule has 1 saturated heterocycles. The maximum absolute atomic E-state index is 12.7. The smallest absolute Gasteiger partial charge is 0.234 e. The van der Waals surface area contributed by atoms with E-state index < -0.39 is 0 Å². The third-order valence-electron chi connectivity index (χ3n) is 5.90. The molecule has 4 rings (SSSR count). The van der Waals surface area contributed by atoms with Crippen molar-refractivity contribution >= 4 is 5.91 Å². The number of amides is 1. The van der Waals surface area contributed by atoms with E-state index in [9.17, 15) is 4.79 Å². The number of carbonyl (C=O) groups is 1. The normalized spacial score (nSPS) is 20.7. The predicted octanol–water partition coefficient (Wildman–Crippen LogP) is 2.00. The van der Waals surface area contributed by atoms with Gasteiger partial charge < -0.3 is 19.9 Å². The van der Waals surface area contributed by atoms with Gasteiger partial charge in [0.2, 0.25) is 5.91 Å². The minimum absolute atomic E-state index is 0.0294. The van der Waals surface area contributed by atoms with Crippen LogP contribution in [0.1, 0.15) is 43.1 Å². The fourth-order valence-corrected chi connectivity index (χ4v) is 4.27. The van der Waals surface area contributed by atoms with Gasteiger partial charge >= 0.3 is 0 Å². The average Bonchev–Trinajstić information content (AvgIpc) is 3.39. The van der Waals surface area contributed by atoms with Gasteiger partial charge in [-0.1, -0.05) is 18.2 Å². The summed E-state index contributed by atoms with van der Waals surface area (Å²) in [6.07, 6.45) is 8.80. The molecule has 0 spiro atoms. The van der Waals surface area contributed by atoms with Gasteiger partial charge in [-0.3, -0.25) is 9.69 Å². The highest BCUT2D eigenvalue weighted by molar-refractivity contribution is 5.78. The van der Waals surface area contributed by atoms with Crippen LogP contribution in [-0.2, 0) is 18.4 Å². The van der Waals surface area contributed by atoms with Crippen LogP contribution in [0.25, 0.3) is 0 Å². The SMILES string of the molecule is Cn1ccnc1C1CNCCN1CC(=O)NCc1ccccc1OC1CCCC1. The Bertz CT molecular complexity index is 815. The van der Waals surface area contributed by atoms with Crippen LogP contribution in [0, 0.1) is 0 Å². The number of imidazole rings is 1. The lowest BCUT2D eigenvalue weighted by Crippen LogP contribution is -2.50. The second-order valence-corrected chi connectivity index (χ2v) is 8.00. The Labute approximate surface area is 172 Å². The molecule has 1 aromatic carbocycles. The zero-order valence-corrected chi connectivity index (χ0v) is 17.1. The number of ether oxygens (including phenoxy) is 1. The molecule has 2 N–H and O–H groups in total. The van der Waals surface area contributed by atoms with Crippen LogP contribution in [0.2, 0.25) is 0 Å². The highest BCUT2D eigenvalue weighted by Crippen LogP contribution is 2.26. The topological polar surface area (TPSA) is 71.4 Å². The summed E-state index contributed by atoms with van der Waals surface area (Å²) in [5.74, 6) is 1.91. The predicted molar refractivity (Wildman–Crippen MR) is 112 cm³/mol.